The Kier molecular flexibility index (Phi) is 4.50. The molecule has 0 aromatic carbocycles. The van der Waals surface area contributed by atoms with Crippen molar-refractivity contribution in [3.8, 4) is 0 Å². The first kappa shape index (κ1) is 13.0. The Morgan fingerprint density at radius 2 is 2.53 bits per heavy atom. The lowest BCUT2D eigenvalue weighted by atomic mass is 9.89. The van der Waals surface area contributed by atoms with Gasteiger partial charge in [-0.2, -0.15) is 0 Å². The fourth-order valence-corrected chi connectivity index (χ4v) is 3.23. The van der Waals surface area contributed by atoms with Crippen LogP contribution in [-0.4, -0.2) is 23.7 Å². The summed E-state index contributed by atoms with van der Waals surface area (Å²) in [6, 6.07) is 0.268. The first-order valence-electron chi connectivity index (χ1n) is 6.23. The maximum absolute atomic E-state index is 5.73. The van der Waals surface area contributed by atoms with E-state index in [2.05, 4.69) is 22.7 Å². The van der Waals surface area contributed by atoms with Crippen molar-refractivity contribution in [3.63, 3.8) is 0 Å². The third kappa shape index (κ3) is 3.04. The first-order chi connectivity index (χ1) is 8.24. The minimum atomic E-state index is 0.268. The highest BCUT2D eigenvalue weighted by atomic mass is 32.1. The molecule has 3 N–H and O–H groups in total. The molecule has 4 nitrogen and oxygen atoms in total. The summed E-state index contributed by atoms with van der Waals surface area (Å²) in [4.78, 5) is 4.50. The number of nitrogens with zero attached hydrogens (tertiary/aromatic N) is 1. The zero-order valence-corrected chi connectivity index (χ0v) is 11.3. The molecule has 5 heteroatoms. The van der Waals surface area contributed by atoms with E-state index >= 15 is 0 Å². The Hall–Kier alpha value is -0.490. The molecule has 1 fully saturated rings. The van der Waals surface area contributed by atoms with Crippen LogP contribution in [0.25, 0.3) is 0 Å². The fraction of sp³-hybridized carbons (Fsp3) is 0.750. The summed E-state index contributed by atoms with van der Waals surface area (Å²) in [6.45, 7) is 5.06. The number of nitrogens with two attached hydrogens (primary N) is 1. The molecule has 1 saturated heterocycles. The Morgan fingerprint density at radius 3 is 3.12 bits per heavy atom. The smallest absolute Gasteiger partial charge is 0.0897 e. The number of aromatic nitrogens is 1. The van der Waals surface area contributed by atoms with Crippen molar-refractivity contribution in [1.82, 2.24) is 10.4 Å². The predicted molar refractivity (Wildman–Crippen MR) is 69.8 cm³/mol. The monoisotopic (exact) mass is 255 g/mol. The molecule has 96 valence electrons. The van der Waals surface area contributed by atoms with Crippen molar-refractivity contribution in [3.05, 3.63) is 16.1 Å². The second-order valence-corrected chi connectivity index (χ2v) is 5.67. The molecule has 1 aromatic rings. The molecular weight excluding hydrogens is 234 g/mol. The van der Waals surface area contributed by atoms with Crippen LogP contribution in [0.15, 0.2) is 5.38 Å². The summed E-state index contributed by atoms with van der Waals surface area (Å²) in [6.07, 6.45) is 3.39. The number of rotatable bonds is 5. The van der Waals surface area contributed by atoms with Gasteiger partial charge in [-0.05, 0) is 19.8 Å². The second kappa shape index (κ2) is 5.91. The topological polar surface area (TPSA) is 60.2 Å². The number of hydrogen-bond donors (Lipinski definition) is 2. The molecule has 3 atom stereocenters. The summed E-state index contributed by atoms with van der Waals surface area (Å²) < 4.78 is 5.73. The number of hydrogen-bond acceptors (Lipinski definition) is 5. The lowest BCUT2D eigenvalue weighted by Gasteiger charge is -2.25. The van der Waals surface area contributed by atoms with E-state index in [1.165, 1.54) is 0 Å². The average molecular weight is 255 g/mol. The summed E-state index contributed by atoms with van der Waals surface area (Å²) in [5.41, 5.74) is 4.09. The lowest BCUT2D eigenvalue weighted by Crippen LogP contribution is -2.45. The van der Waals surface area contributed by atoms with E-state index in [1.807, 2.05) is 6.92 Å². The Bertz CT molecular complexity index is 355. The molecule has 0 saturated carbocycles. The second-order valence-electron chi connectivity index (χ2n) is 4.61. The van der Waals surface area contributed by atoms with Gasteiger partial charge in [-0.25, -0.2) is 4.98 Å². The molecule has 0 spiro atoms. The van der Waals surface area contributed by atoms with Gasteiger partial charge in [-0.15, -0.1) is 11.3 Å². The van der Waals surface area contributed by atoms with Gasteiger partial charge in [0, 0.05) is 30.4 Å². The summed E-state index contributed by atoms with van der Waals surface area (Å²) in [5, 5.41) is 3.24. The molecule has 3 unspecified atom stereocenters. The van der Waals surface area contributed by atoms with Gasteiger partial charge in [0.1, 0.15) is 0 Å². The number of ether oxygens (including phenoxy) is 1. The molecule has 2 rings (SSSR count). The van der Waals surface area contributed by atoms with Gasteiger partial charge < -0.3 is 4.74 Å². The van der Waals surface area contributed by atoms with E-state index in [-0.39, 0.29) is 6.04 Å². The molecule has 1 aromatic heterocycles. The van der Waals surface area contributed by atoms with Crippen molar-refractivity contribution in [1.29, 1.82) is 0 Å². The van der Waals surface area contributed by atoms with Gasteiger partial charge in [0.15, 0.2) is 0 Å². The third-order valence-corrected chi connectivity index (χ3v) is 4.31. The molecule has 17 heavy (non-hydrogen) atoms. The summed E-state index contributed by atoms with van der Waals surface area (Å²) >= 11 is 1.70. The highest BCUT2D eigenvalue weighted by Crippen LogP contribution is 2.28. The molecule has 2 heterocycles. The van der Waals surface area contributed by atoms with Crippen LogP contribution in [0.1, 0.15) is 30.5 Å². The van der Waals surface area contributed by atoms with Crippen molar-refractivity contribution in [2.45, 2.75) is 45.3 Å². The van der Waals surface area contributed by atoms with Gasteiger partial charge in [0.25, 0.3) is 0 Å². The van der Waals surface area contributed by atoms with Crippen molar-refractivity contribution < 1.29 is 4.74 Å². The molecule has 0 radical (unpaired) electrons. The normalized spacial score (nSPS) is 26.3. The van der Waals surface area contributed by atoms with E-state index in [4.69, 9.17) is 10.6 Å². The van der Waals surface area contributed by atoms with Crippen molar-refractivity contribution in [2.24, 2.45) is 11.8 Å². The largest absolute Gasteiger partial charge is 0.378 e. The van der Waals surface area contributed by atoms with Crippen LogP contribution in [0, 0.1) is 12.8 Å². The maximum Gasteiger partial charge on any atom is 0.0897 e. The van der Waals surface area contributed by atoms with E-state index in [9.17, 15) is 0 Å². The molecule has 0 bridgehead atoms. The number of aryl methyl sites for hydroxylation is 1. The van der Waals surface area contributed by atoms with Crippen LogP contribution >= 0.6 is 11.3 Å². The SMILES string of the molecule is CCC1OCCC1C(Cc1csc(C)n1)NN. The van der Waals surface area contributed by atoms with Gasteiger partial charge in [-0.3, -0.25) is 11.3 Å². The van der Waals surface area contributed by atoms with Crippen LogP contribution in [0.5, 0.6) is 0 Å². The van der Waals surface area contributed by atoms with Gasteiger partial charge in [-0.1, -0.05) is 6.92 Å². The third-order valence-electron chi connectivity index (χ3n) is 3.49. The Labute approximate surface area is 107 Å². The van der Waals surface area contributed by atoms with Crippen LogP contribution in [-0.2, 0) is 11.2 Å². The highest BCUT2D eigenvalue weighted by Gasteiger charge is 2.33. The maximum atomic E-state index is 5.73. The zero-order valence-electron chi connectivity index (χ0n) is 10.5. The molecule has 1 aliphatic rings. The minimum Gasteiger partial charge on any atom is -0.378 e. The highest BCUT2D eigenvalue weighted by molar-refractivity contribution is 7.09. The summed E-state index contributed by atoms with van der Waals surface area (Å²) in [5.74, 6) is 6.20. The van der Waals surface area contributed by atoms with E-state index in [1.54, 1.807) is 11.3 Å². The fourth-order valence-electron chi connectivity index (χ4n) is 2.61. The number of thiazole rings is 1. The average Bonchev–Trinajstić information content (AvgIpc) is 2.94. The number of nitrogens with one attached hydrogen (secondary N) is 1. The van der Waals surface area contributed by atoms with Gasteiger partial charge >= 0.3 is 0 Å². The van der Waals surface area contributed by atoms with Crippen molar-refractivity contribution in [2.75, 3.05) is 6.61 Å². The molecular formula is C12H21N3OS. The Morgan fingerprint density at radius 1 is 1.71 bits per heavy atom. The molecule has 1 aliphatic heterocycles. The van der Waals surface area contributed by atoms with Gasteiger partial charge in [0.2, 0.25) is 0 Å². The van der Waals surface area contributed by atoms with Crippen LogP contribution in [0.3, 0.4) is 0 Å². The van der Waals surface area contributed by atoms with Crippen LogP contribution in [0.2, 0.25) is 0 Å². The first-order valence-corrected chi connectivity index (χ1v) is 7.11. The van der Waals surface area contributed by atoms with Gasteiger partial charge in [0.05, 0.1) is 16.8 Å². The van der Waals surface area contributed by atoms with Crippen molar-refractivity contribution >= 4 is 11.3 Å². The predicted octanol–water partition coefficient (Wildman–Crippen LogP) is 1.64. The number of hydrazine groups is 1. The van der Waals surface area contributed by atoms with Crippen LogP contribution in [0.4, 0.5) is 0 Å². The minimum absolute atomic E-state index is 0.268. The Balaban J connectivity index is 2.00. The quantitative estimate of drug-likeness (QED) is 0.620. The summed E-state index contributed by atoms with van der Waals surface area (Å²) in [7, 11) is 0. The lowest BCUT2D eigenvalue weighted by molar-refractivity contribution is 0.0774. The molecule has 0 aliphatic carbocycles. The van der Waals surface area contributed by atoms with E-state index in [0.29, 0.717) is 12.0 Å². The zero-order chi connectivity index (χ0) is 12.3. The van der Waals surface area contributed by atoms with Crippen LogP contribution < -0.4 is 11.3 Å². The standard InChI is InChI=1S/C12H21N3OS/c1-3-12-10(4-5-16-12)11(15-13)6-9-7-17-8(2)14-9/h7,10-12,15H,3-6,13H2,1-2H3. The molecule has 0 amide bonds. The van der Waals surface area contributed by atoms with E-state index in [0.717, 1.165) is 36.6 Å². The van der Waals surface area contributed by atoms with E-state index < -0.39 is 0 Å².